The molecule has 0 unspecified atom stereocenters. The molecule has 0 saturated heterocycles. The van der Waals surface area contributed by atoms with E-state index < -0.39 is 0 Å². The van der Waals surface area contributed by atoms with Crippen LogP contribution in [0.4, 0.5) is 17.1 Å². The van der Waals surface area contributed by atoms with Gasteiger partial charge in [0.15, 0.2) is 5.11 Å². The summed E-state index contributed by atoms with van der Waals surface area (Å²) in [5.41, 5.74) is 2.84. The second kappa shape index (κ2) is 8.96. The highest BCUT2D eigenvalue weighted by Crippen LogP contribution is 2.17. The molecule has 0 spiro atoms. The molecule has 0 aliphatic rings. The topological polar surface area (TPSA) is 70.7 Å². The molecule has 0 fully saturated rings. The molecule has 1 amide bonds. The predicted molar refractivity (Wildman–Crippen MR) is 108 cm³/mol. The van der Waals surface area contributed by atoms with Gasteiger partial charge in [0.1, 0.15) is 0 Å². The minimum absolute atomic E-state index is 0.0332. The van der Waals surface area contributed by atoms with Gasteiger partial charge < -0.3 is 20.3 Å². The van der Waals surface area contributed by atoms with Crippen molar-refractivity contribution in [2.24, 2.45) is 0 Å². The van der Waals surface area contributed by atoms with E-state index in [0.29, 0.717) is 17.3 Å². The minimum atomic E-state index is -0.352. The van der Waals surface area contributed by atoms with Crippen molar-refractivity contribution in [2.45, 2.75) is 13.8 Å². The first-order valence-electron chi connectivity index (χ1n) is 8.10. The summed E-state index contributed by atoms with van der Waals surface area (Å²) in [6.07, 6.45) is 0. The maximum absolute atomic E-state index is 11.6. The molecule has 0 bridgehead atoms. The van der Waals surface area contributed by atoms with Gasteiger partial charge in [-0.2, -0.15) is 0 Å². The summed E-state index contributed by atoms with van der Waals surface area (Å²) in [7, 11) is 1.72. The first-order chi connectivity index (χ1) is 12.4. The van der Waals surface area contributed by atoms with Gasteiger partial charge in [0, 0.05) is 31.0 Å². The van der Waals surface area contributed by atoms with Crippen LogP contribution >= 0.6 is 12.2 Å². The third-order valence-corrected chi connectivity index (χ3v) is 3.84. The summed E-state index contributed by atoms with van der Waals surface area (Å²) in [5, 5.41) is 6.53. The SMILES string of the molecule is CCOC(=O)c1ccc(NC(=S)Nc2ccc(N(C)C(C)=O)cc2)cc1. The molecule has 0 heterocycles. The van der Waals surface area contributed by atoms with Crippen molar-refractivity contribution in [1.29, 1.82) is 0 Å². The van der Waals surface area contributed by atoms with Gasteiger partial charge in [0.25, 0.3) is 0 Å². The number of nitrogens with zero attached hydrogens (tertiary/aromatic N) is 1. The maximum Gasteiger partial charge on any atom is 0.338 e. The maximum atomic E-state index is 11.6. The Morgan fingerprint density at radius 3 is 1.96 bits per heavy atom. The molecule has 0 atom stereocenters. The fourth-order valence-corrected chi connectivity index (χ4v) is 2.38. The van der Waals surface area contributed by atoms with Crippen molar-refractivity contribution in [1.82, 2.24) is 0 Å². The number of carbonyl (C=O) groups is 2. The van der Waals surface area contributed by atoms with Gasteiger partial charge in [0.2, 0.25) is 5.91 Å². The second-order valence-electron chi connectivity index (χ2n) is 5.50. The Morgan fingerprint density at radius 1 is 1.00 bits per heavy atom. The van der Waals surface area contributed by atoms with E-state index in [1.807, 2.05) is 24.3 Å². The summed E-state index contributed by atoms with van der Waals surface area (Å²) in [6.45, 7) is 3.62. The number of hydrogen-bond acceptors (Lipinski definition) is 4. The monoisotopic (exact) mass is 371 g/mol. The molecule has 7 heteroatoms. The smallest absolute Gasteiger partial charge is 0.338 e. The Bertz CT molecular complexity index is 789. The quantitative estimate of drug-likeness (QED) is 0.617. The number of esters is 1. The van der Waals surface area contributed by atoms with Crippen molar-refractivity contribution in [3.05, 3.63) is 54.1 Å². The summed E-state index contributed by atoms with van der Waals surface area (Å²) in [5.74, 6) is -0.385. The zero-order chi connectivity index (χ0) is 19.1. The summed E-state index contributed by atoms with van der Waals surface area (Å²) >= 11 is 5.29. The van der Waals surface area contributed by atoms with Crippen LogP contribution in [0.15, 0.2) is 48.5 Å². The van der Waals surface area contributed by atoms with Crippen LogP contribution in [-0.2, 0) is 9.53 Å². The number of hydrogen-bond donors (Lipinski definition) is 2. The van der Waals surface area contributed by atoms with E-state index in [1.165, 1.54) is 6.92 Å². The third kappa shape index (κ3) is 5.29. The van der Waals surface area contributed by atoms with Gasteiger partial charge >= 0.3 is 5.97 Å². The lowest BCUT2D eigenvalue weighted by Crippen LogP contribution is -2.23. The van der Waals surface area contributed by atoms with E-state index >= 15 is 0 Å². The van der Waals surface area contributed by atoms with Gasteiger partial charge in [-0.1, -0.05) is 0 Å². The van der Waals surface area contributed by atoms with Crippen LogP contribution in [0, 0.1) is 0 Å². The van der Waals surface area contributed by atoms with Crippen molar-refractivity contribution in [3.63, 3.8) is 0 Å². The highest BCUT2D eigenvalue weighted by molar-refractivity contribution is 7.80. The fourth-order valence-electron chi connectivity index (χ4n) is 2.15. The third-order valence-electron chi connectivity index (χ3n) is 3.64. The molecule has 2 aromatic carbocycles. The van der Waals surface area contributed by atoms with Crippen LogP contribution in [0.3, 0.4) is 0 Å². The molecular weight excluding hydrogens is 350 g/mol. The number of nitrogens with one attached hydrogen (secondary N) is 2. The normalized spacial score (nSPS) is 9.96. The first-order valence-corrected chi connectivity index (χ1v) is 8.51. The Kier molecular flexibility index (Phi) is 6.68. The number of carbonyl (C=O) groups excluding carboxylic acids is 2. The minimum Gasteiger partial charge on any atom is -0.462 e. The predicted octanol–water partition coefficient (Wildman–Crippen LogP) is 3.65. The van der Waals surface area contributed by atoms with Crippen molar-refractivity contribution >= 4 is 46.3 Å². The molecule has 0 aliphatic heterocycles. The van der Waals surface area contributed by atoms with Crippen LogP contribution in [0.1, 0.15) is 24.2 Å². The van der Waals surface area contributed by atoms with E-state index in [1.54, 1.807) is 43.1 Å². The van der Waals surface area contributed by atoms with Gasteiger partial charge in [0.05, 0.1) is 12.2 Å². The fraction of sp³-hybridized carbons (Fsp3) is 0.211. The van der Waals surface area contributed by atoms with Crippen LogP contribution < -0.4 is 15.5 Å². The Morgan fingerprint density at radius 2 is 1.50 bits per heavy atom. The summed E-state index contributed by atoms with van der Waals surface area (Å²) in [4.78, 5) is 24.6. The van der Waals surface area contributed by atoms with Crippen LogP contribution in [0.2, 0.25) is 0 Å². The lowest BCUT2D eigenvalue weighted by Gasteiger charge is -2.16. The van der Waals surface area contributed by atoms with Gasteiger partial charge in [-0.25, -0.2) is 4.79 Å². The molecule has 2 aromatic rings. The Labute approximate surface area is 158 Å². The molecule has 0 aliphatic carbocycles. The number of anilines is 3. The van der Waals surface area contributed by atoms with E-state index in [9.17, 15) is 9.59 Å². The molecular formula is C19H21N3O3S. The molecule has 26 heavy (non-hydrogen) atoms. The van der Waals surface area contributed by atoms with E-state index in [-0.39, 0.29) is 11.9 Å². The number of thiocarbonyl (C=S) groups is 1. The van der Waals surface area contributed by atoms with Crippen molar-refractivity contribution in [3.8, 4) is 0 Å². The van der Waals surface area contributed by atoms with Crippen molar-refractivity contribution < 1.29 is 14.3 Å². The molecule has 2 N–H and O–H groups in total. The molecule has 0 aromatic heterocycles. The standard InChI is InChI=1S/C19H21N3O3S/c1-4-25-18(24)14-5-7-15(8-6-14)20-19(26)21-16-9-11-17(12-10-16)22(3)13(2)23/h5-12H,4H2,1-3H3,(H2,20,21,26). The molecule has 6 nitrogen and oxygen atoms in total. The average molecular weight is 371 g/mol. The first kappa shape index (κ1) is 19.4. The van der Waals surface area contributed by atoms with Crippen LogP contribution in [0.5, 0.6) is 0 Å². The summed E-state index contributed by atoms with van der Waals surface area (Å²) < 4.78 is 4.95. The van der Waals surface area contributed by atoms with E-state index in [4.69, 9.17) is 17.0 Å². The highest BCUT2D eigenvalue weighted by atomic mass is 32.1. The van der Waals surface area contributed by atoms with Crippen LogP contribution in [0.25, 0.3) is 0 Å². The van der Waals surface area contributed by atoms with E-state index in [2.05, 4.69) is 10.6 Å². The largest absolute Gasteiger partial charge is 0.462 e. The average Bonchev–Trinajstić information content (AvgIpc) is 2.62. The van der Waals surface area contributed by atoms with E-state index in [0.717, 1.165) is 17.1 Å². The van der Waals surface area contributed by atoms with Crippen molar-refractivity contribution in [2.75, 3.05) is 29.2 Å². The molecule has 2 rings (SSSR count). The van der Waals surface area contributed by atoms with Gasteiger partial charge in [-0.05, 0) is 67.7 Å². The zero-order valence-corrected chi connectivity index (χ0v) is 15.7. The Balaban J connectivity index is 1.94. The van der Waals surface area contributed by atoms with Gasteiger partial charge in [-0.15, -0.1) is 0 Å². The number of ether oxygens (including phenoxy) is 1. The molecule has 136 valence electrons. The molecule has 0 radical (unpaired) electrons. The van der Waals surface area contributed by atoms with Crippen LogP contribution in [-0.4, -0.2) is 30.6 Å². The lowest BCUT2D eigenvalue weighted by molar-refractivity contribution is -0.116. The zero-order valence-electron chi connectivity index (χ0n) is 14.9. The highest BCUT2D eigenvalue weighted by Gasteiger charge is 2.07. The number of amides is 1. The Hall–Kier alpha value is -2.93. The summed E-state index contributed by atoms with van der Waals surface area (Å²) in [6, 6.07) is 14.2. The molecule has 0 saturated carbocycles. The number of benzene rings is 2. The van der Waals surface area contributed by atoms with Gasteiger partial charge in [-0.3, -0.25) is 4.79 Å². The number of rotatable bonds is 5. The second-order valence-corrected chi connectivity index (χ2v) is 5.91. The lowest BCUT2D eigenvalue weighted by atomic mass is 10.2.